The highest BCUT2D eigenvalue weighted by Crippen LogP contribution is 2.26. The molecular formula is C25H33ClN2O3. The molecule has 6 heteroatoms. The minimum atomic E-state index is -0.598. The van der Waals surface area contributed by atoms with Crippen LogP contribution in [0.3, 0.4) is 0 Å². The zero-order chi connectivity index (χ0) is 22.8. The normalized spacial score (nSPS) is 11.8. The average Bonchev–Trinajstić information content (AvgIpc) is 2.77. The predicted octanol–water partition coefficient (Wildman–Crippen LogP) is 5.18. The maximum Gasteiger partial charge on any atom is 0.261 e. The second kappa shape index (κ2) is 12.4. The smallest absolute Gasteiger partial charge is 0.261 e. The molecule has 0 aliphatic rings. The Labute approximate surface area is 190 Å². The Bertz CT molecular complexity index is 869. The molecular weight excluding hydrogens is 412 g/mol. The van der Waals surface area contributed by atoms with Gasteiger partial charge in [-0.25, -0.2) is 0 Å². The molecule has 0 aromatic heterocycles. The Hall–Kier alpha value is -2.53. The summed E-state index contributed by atoms with van der Waals surface area (Å²) in [5.74, 6) is 0.546. The molecule has 0 saturated heterocycles. The van der Waals surface area contributed by atoms with Gasteiger partial charge in [-0.15, -0.1) is 0 Å². The number of benzene rings is 2. The lowest BCUT2D eigenvalue weighted by Gasteiger charge is -2.31. The summed E-state index contributed by atoms with van der Waals surface area (Å²) in [7, 11) is 0. The Balaban J connectivity index is 2.25. The summed E-state index contributed by atoms with van der Waals surface area (Å²) in [6.45, 7) is 8.73. The molecule has 168 valence electrons. The molecule has 31 heavy (non-hydrogen) atoms. The molecule has 0 aliphatic carbocycles. The lowest BCUT2D eigenvalue weighted by molar-refractivity contribution is -0.143. The van der Waals surface area contributed by atoms with Crippen molar-refractivity contribution >= 4 is 23.4 Å². The molecule has 2 amide bonds. The largest absolute Gasteiger partial charge is 0.483 e. The van der Waals surface area contributed by atoms with Crippen LogP contribution in [0.25, 0.3) is 0 Å². The molecule has 0 spiro atoms. The van der Waals surface area contributed by atoms with Crippen LogP contribution in [0, 0.1) is 0 Å². The van der Waals surface area contributed by atoms with E-state index in [1.807, 2.05) is 56.3 Å². The van der Waals surface area contributed by atoms with Crippen molar-refractivity contribution in [1.29, 1.82) is 0 Å². The van der Waals surface area contributed by atoms with E-state index in [1.54, 1.807) is 11.0 Å². The number of hydrogen-bond donors (Lipinski definition) is 1. The maximum atomic E-state index is 13.3. The summed E-state index contributed by atoms with van der Waals surface area (Å²) in [5, 5.41) is 3.48. The highest BCUT2D eigenvalue weighted by atomic mass is 35.5. The summed E-state index contributed by atoms with van der Waals surface area (Å²) in [5.41, 5.74) is 1.84. The minimum Gasteiger partial charge on any atom is -0.483 e. The van der Waals surface area contributed by atoms with Crippen molar-refractivity contribution in [3.05, 3.63) is 64.7 Å². The second-order valence-corrected chi connectivity index (χ2v) is 8.22. The van der Waals surface area contributed by atoms with Crippen molar-refractivity contribution in [2.75, 3.05) is 13.2 Å². The number of rotatable bonds is 11. The molecule has 0 heterocycles. The van der Waals surface area contributed by atoms with Crippen LogP contribution >= 0.6 is 11.6 Å². The molecule has 0 fully saturated rings. The predicted molar refractivity (Wildman–Crippen MR) is 125 cm³/mol. The molecule has 2 rings (SSSR count). The van der Waals surface area contributed by atoms with E-state index in [-0.39, 0.29) is 30.9 Å². The molecule has 5 nitrogen and oxygen atoms in total. The standard InChI is InChI=1S/C25H33ClN2O3/c1-5-15-27-25(30)22(6-2)28(16-19-11-7-9-13-21(19)26)24(29)17-31-23-14-10-8-12-20(23)18(3)4/h7-14,18,22H,5-6,15-17H2,1-4H3,(H,27,30). The average molecular weight is 445 g/mol. The fraction of sp³-hybridized carbons (Fsp3) is 0.440. The van der Waals surface area contributed by atoms with Crippen LogP contribution in [0.4, 0.5) is 0 Å². The Morgan fingerprint density at radius 1 is 1.06 bits per heavy atom. The topological polar surface area (TPSA) is 58.6 Å². The van der Waals surface area contributed by atoms with E-state index in [2.05, 4.69) is 19.2 Å². The monoisotopic (exact) mass is 444 g/mol. The van der Waals surface area contributed by atoms with Crippen molar-refractivity contribution in [1.82, 2.24) is 10.2 Å². The minimum absolute atomic E-state index is 0.147. The summed E-state index contributed by atoms with van der Waals surface area (Å²) in [6.07, 6.45) is 1.32. The van der Waals surface area contributed by atoms with Gasteiger partial charge in [0.25, 0.3) is 5.91 Å². The van der Waals surface area contributed by atoms with Crippen LogP contribution in [0.2, 0.25) is 5.02 Å². The van der Waals surface area contributed by atoms with Gasteiger partial charge in [0.05, 0.1) is 0 Å². The number of nitrogens with zero attached hydrogens (tertiary/aromatic N) is 1. The van der Waals surface area contributed by atoms with Crippen molar-refractivity contribution in [3.63, 3.8) is 0 Å². The second-order valence-electron chi connectivity index (χ2n) is 7.81. The first-order valence-corrected chi connectivity index (χ1v) is 11.3. The van der Waals surface area contributed by atoms with Crippen molar-refractivity contribution in [2.45, 2.75) is 59.0 Å². The lowest BCUT2D eigenvalue weighted by atomic mass is 10.0. The number of amides is 2. The van der Waals surface area contributed by atoms with E-state index in [1.165, 1.54) is 0 Å². The van der Waals surface area contributed by atoms with Gasteiger partial charge in [0.15, 0.2) is 6.61 Å². The first-order chi connectivity index (χ1) is 14.9. The van der Waals surface area contributed by atoms with E-state index in [0.29, 0.717) is 23.7 Å². The molecule has 0 radical (unpaired) electrons. The van der Waals surface area contributed by atoms with E-state index < -0.39 is 6.04 Å². The Morgan fingerprint density at radius 2 is 1.74 bits per heavy atom. The first kappa shape index (κ1) is 24.7. The lowest BCUT2D eigenvalue weighted by Crippen LogP contribution is -2.50. The zero-order valence-electron chi connectivity index (χ0n) is 18.9. The number of ether oxygens (including phenoxy) is 1. The van der Waals surface area contributed by atoms with Crippen LogP contribution in [0.1, 0.15) is 57.6 Å². The quantitative estimate of drug-likeness (QED) is 0.519. The van der Waals surface area contributed by atoms with Gasteiger partial charge in [0, 0.05) is 18.1 Å². The summed E-state index contributed by atoms with van der Waals surface area (Å²) in [6, 6.07) is 14.5. The van der Waals surface area contributed by atoms with E-state index >= 15 is 0 Å². The Morgan fingerprint density at radius 3 is 2.39 bits per heavy atom. The van der Waals surface area contributed by atoms with Gasteiger partial charge in [0.1, 0.15) is 11.8 Å². The highest BCUT2D eigenvalue weighted by molar-refractivity contribution is 6.31. The van der Waals surface area contributed by atoms with E-state index in [0.717, 1.165) is 17.5 Å². The molecule has 1 unspecified atom stereocenters. The molecule has 0 saturated carbocycles. The van der Waals surface area contributed by atoms with E-state index in [4.69, 9.17) is 16.3 Å². The zero-order valence-corrected chi connectivity index (χ0v) is 19.6. The van der Waals surface area contributed by atoms with Gasteiger partial charge in [0.2, 0.25) is 5.91 Å². The molecule has 2 aromatic carbocycles. The molecule has 0 bridgehead atoms. The number of carbonyl (C=O) groups is 2. The van der Waals surface area contributed by atoms with Gasteiger partial charge < -0.3 is 15.0 Å². The van der Waals surface area contributed by atoms with Crippen molar-refractivity contribution < 1.29 is 14.3 Å². The van der Waals surface area contributed by atoms with Crippen LogP contribution in [0.15, 0.2) is 48.5 Å². The van der Waals surface area contributed by atoms with Gasteiger partial charge in [-0.05, 0) is 42.0 Å². The number of carbonyl (C=O) groups excluding carboxylic acids is 2. The van der Waals surface area contributed by atoms with Gasteiger partial charge in [-0.1, -0.05) is 75.7 Å². The Kier molecular flexibility index (Phi) is 9.86. The fourth-order valence-electron chi connectivity index (χ4n) is 3.41. The van der Waals surface area contributed by atoms with Crippen molar-refractivity contribution in [3.8, 4) is 5.75 Å². The third-order valence-corrected chi connectivity index (χ3v) is 5.49. The molecule has 1 N–H and O–H groups in total. The van der Waals surface area contributed by atoms with Gasteiger partial charge in [-0.2, -0.15) is 0 Å². The maximum absolute atomic E-state index is 13.3. The highest BCUT2D eigenvalue weighted by Gasteiger charge is 2.29. The van der Waals surface area contributed by atoms with Crippen LogP contribution in [-0.2, 0) is 16.1 Å². The van der Waals surface area contributed by atoms with Crippen LogP contribution in [-0.4, -0.2) is 35.9 Å². The van der Waals surface area contributed by atoms with Gasteiger partial charge >= 0.3 is 0 Å². The van der Waals surface area contributed by atoms with Gasteiger partial charge in [-0.3, -0.25) is 9.59 Å². The van der Waals surface area contributed by atoms with Crippen LogP contribution < -0.4 is 10.1 Å². The molecule has 1 atom stereocenters. The number of hydrogen-bond acceptors (Lipinski definition) is 3. The molecule has 0 aliphatic heterocycles. The SMILES string of the molecule is CCCNC(=O)C(CC)N(Cc1ccccc1Cl)C(=O)COc1ccccc1C(C)C. The van der Waals surface area contributed by atoms with E-state index in [9.17, 15) is 9.59 Å². The molecule has 2 aromatic rings. The number of nitrogens with one attached hydrogen (secondary N) is 1. The first-order valence-electron chi connectivity index (χ1n) is 10.9. The summed E-state index contributed by atoms with van der Waals surface area (Å²) >= 11 is 6.34. The van der Waals surface area contributed by atoms with Crippen LogP contribution in [0.5, 0.6) is 5.75 Å². The number of halogens is 1. The third kappa shape index (κ3) is 7.00. The van der Waals surface area contributed by atoms with Crippen molar-refractivity contribution in [2.24, 2.45) is 0 Å². The number of para-hydroxylation sites is 1. The fourth-order valence-corrected chi connectivity index (χ4v) is 3.60. The third-order valence-electron chi connectivity index (χ3n) is 5.13. The summed E-state index contributed by atoms with van der Waals surface area (Å²) in [4.78, 5) is 27.6. The summed E-state index contributed by atoms with van der Waals surface area (Å²) < 4.78 is 5.91.